The predicted molar refractivity (Wildman–Crippen MR) is 98.9 cm³/mol. The molecular formula is C17H16N6O3S. The smallest absolute Gasteiger partial charge is 0.328 e. The molecule has 4 aromatic heterocycles. The molecule has 0 aliphatic carbocycles. The van der Waals surface area contributed by atoms with Gasteiger partial charge in [-0.15, -0.1) is 10.2 Å². The first-order valence-electron chi connectivity index (χ1n) is 8.18. The number of aryl methyl sites for hydroxylation is 1. The molecule has 0 atom stereocenters. The van der Waals surface area contributed by atoms with Crippen molar-refractivity contribution in [1.29, 1.82) is 0 Å². The molecule has 4 aromatic rings. The number of rotatable bonds is 5. The highest BCUT2D eigenvalue weighted by Gasteiger charge is 2.15. The zero-order valence-corrected chi connectivity index (χ0v) is 15.5. The summed E-state index contributed by atoms with van der Waals surface area (Å²) in [5.74, 6) is 0.905. The van der Waals surface area contributed by atoms with Crippen LogP contribution in [0.3, 0.4) is 0 Å². The van der Waals surface area contributed by atoms with E-state index in [9.17, 15) is 9.59 Å². The molecule has 9 nitrogen and oxygen atoms in total. The first-order valence-corrected chi connectivity index (χ1v) is 9.16. The van der Waals surface area contributed by atoms with Crippen LogP contribution in [0.1, 0.15) is 22.8 Å². The normalized spacial score (nSPS) is 11.3. The predicted octanol–water partition coefficient (Wildman–Crippen LogP) is 1.30. The van der Waals surface area contributed by atoms with Crippen LogP contribution in [-0.4, -0.2) is 29.1 Å². The Bertz CT molecular complexity index is 1200. The maximum absolute atomic E-state index is 12.3. The van der Waals surface area contributed by atoms with Gasteiger partial charge in [-0.05, 0) is 19.1 Å². The molecule has 138 valence electrons. The number of thioether (sulfide) groups is 1. The van der Waals surface area contributed by atoms with Crippen LogP contribution in [0.5, 0.6) is 0 Å². The van der Waals surface area contributed by atoms with Gasteiger partial charge in [0.1, 0.15) is 5.65 Å². The van der Waals surface area contributed by atoms with Crippen LogP contribution in [0.2, 0.25) is 0 Å². The average Bonchev–Trinajstić information content (AvgIpc) is 3.28. The second-order valence-electron chi connectivity index (χ2n) is 6.02. The van der Waals surface area contributed by atoms with Crippen LogP contribution in [-0.2, 0) is 19.2 Å². The lowest BCUT2D eigenvalue weighted by atomic mass is 10.2. The second-order valence-corrected chi connectivity index (χ2v) is 6.95. The molecule has 0 bridgehead atoms. The third-order valence-electron chi connectivity index (χ3n) is 4.15. The lowest BCUT2D eigenvalue weighted by Gasteiger charge is -2.04. The number of imidazole rings is 1. The molecule has 0 aliphatic rings. The van der Waals surface area contributed by atoms with Crippen molar-refractivity contribution in [3.8, 4) is 0 Å². The Kier molecular flexibility index (Phi) is 4.40. The minimum absolute atomic E-state index is 0.164. The zero-order chi connectivity index (χ0) is 19.0. The summed E-state index contributed by atoms with van der Waals surface area (Å²) in [7, 11) is 1.42. The van der Waals surface area contributed by atoms with Crippen molar-refractivity contribution < 1.29 is 4.42 Å². The highest BCUT2D eigenvalue weighted by Crippen LogP contribution is 2.22. The van der Waals surface area contributed by atoms with Crippen molar-refractivity contribution in [3.63, 3.8) is 0 Å². The van der Waals surface area contributed by atoms with Crippen molar-refractivity contribution in [2.75, 3.05) is 0 Å². The highest BCUT2D eigenvalue weighted by atomic mass is 32.2. The van der Waals surface area contributed by atoms with E-state index >= 15 is 0 Å². The largest absolute Gasteiger partial charge is 0.416 e. The van der Waals surface area contributed by atoms with Gasteiger partial charge in [0.05, 0.1) is 12.1 Å². The van der Waals surface area contributed by atoms with Gasteiger partial charge >= 0.3 is 5.69 Å². The van der Waals surface area contributed by atoms with Crippen LogP contribution in [0.15, 0.2) is 49.8 Å². The molecule has 4 rings (SSSR count). The number of aromatic amines is 1. The topological polar surface area (TPSA) is 111 Å². The van der Waals surface area contributed by atoms with Crippen LogP contribution in [0.25, 0.3) is 5.65 Å². The number of aromatic nitrogens is 6. The number of pyridine rings is 1. The number of hydrogen-bond acceptors (Lipinski definition) is 7. The van der Waals surface area contributed by atoms with E-state index in [-0.39, 0.29) is 12.0 Å². The van der Waals surface area contributed by atoms with Crippen LogP contribution in [0.4, 0.5) is 0 Å². The van der Waals surface area contributed by atoms with E-state index in [4.69, 9.17) is 4.42 Å². The van der Waals surface area contributed by atoms with E-state index in [1.54, 1.807) is 6.92 Å². The molecule has 0 unspecified atom stereocenters. The van der Waals surface area contributed by atoms with Crippen molar-refractivity contribution in [2.24, 2.45) is 7.05 Å². The average molecular weight is 384 g/mol. The molecule has 0 amide bonds. The number of hydrogen-bond donors (Lipinski definition) is 1. The molecule has 0 aliphatic heterocycles. The Morgan fingerprint density at radius 3 is 2.93 bits per heavy atom. The summed E-state index contributed by atoms with van der Waals surface area (Å²) in [4.78, 5) is 31.0. The fourth-order valence-electron chi connectivity index (χ4n) is 2.69. The van der Waals surface area contributed by atoms with E-state index in [2.05, 4.69) is 20.2 Å². The van der Waals surface area contributed by atoms with Gasteiger partial charge in [-0.3, -0.25) is 9.36 Å². The Hall–Kier alpha value is -3.14. The van der Waals surface area contributed by atoms with Crippen molar-refractivity contribution in [2.45, 2.75) is 24.3 Å². The fourth-order valence-corrected chi connectivity index (χ4v) is 3.36. The second kappa shape index (κ2) is 6.88. The Morgan fingerprint density at radius 1 is 1.26 bits per heavy atom. The van der Waals surface area contributed by atoms with Gasteiger partial charge in [-0.2, -0.15) is 0 Å². The molecule has 27 heavy (non-hydrogen) atoms. The van der Waals surface area contributed by atoms with Crippen LogP contribution < -0.4 is 11.2 Å². The summed E-state index contributed by atoms with van der Waals surface area (Å²) in [6.07, 6.45) is 4.05. The molecule has 0 fully saturated rings. The van der Waals surface area contributed by atoms with Gasteiger partial charge in [0.15, 0.2) is 0 Å². The molecule has 0 saturated heterocycles. The van der Waals surface area contributed by atoms with Crippen molar-refractivity contribution in [3.05, 3.63) is 74.3 Å². The number of nitrogens with one attached hydrogen (secondary N) is 1. The standard InChI is InChI=1S/C17H16N6O3S/c1-10-12(15(24)22(2)16(25)18-10)7-14-20-21-17(26-14)27-9-11-8-23-6-4-3-5-13(23)19-11/h3-6,8H,7,9H2,1-2H3,(H,18,25). The summed E-state index contributed by atoms with van der Waals surface area (Å²) in [5.41, 5.74) is 1.89. The van der Waals surface area contributed by atoms with Gasteiger partial charge in [-0.25, -0.2) is 9.78 Å². The lowest BCUT2D eigenvalue weighted by Crippen LogP contribution is -2.36. The lowest BCUT2D eigenvalue weighted by molar-refractivity contribution is 0.419. The Morgan fingerprint density at radius 2 is 2.11 bits per heavy atom. The monoisotopic (exact) mass is 384 g/mol. The molecular weight excluding hydrogens is 368 g/mol. The summed E-state index contributed by atoms with van der Waals surface area (Å²) in [6.45, 7) is 1.67. The molecule has 0 radical (unpaired) electrons. The third-order valence-corrected chi connectivity index (χ3v) is 5.00. The molecule has 0 saturated carbocycles. The van der Waals surface area contributed by atoms with E-state index in [1.165, 1.54) is 18.8 Å². The Balaban J connectivity index is 1.48. The number of fused-ring (bicyclic) bond motifs is 1. The zero-order valence-electron chi connectivity index (χ0n) is 14.7. The van der Waals surface area contributed by atoms with E-state index in [1.807, 2.05) is 35.0 Å². The molecule has 0 aromatic carbocycles. The first kappa shape index (κ1) is 17.3. The van der Waals surface area contributed by atoms with Crippen LogP contribution >= 0.6 is 11.8 Å². The summed E-state index contributed by atoms with van der Waals surface area (Å²) in [6, 6.07) is 5.82. The molecule has 4 heterocycles. The third kappa shape index (κ3) is 3.43. The quantitative estimate of drug-likeness (QED) is 0.516. The minimum atomic E-state index is -0.449. The molecule has 10 heteroatoms. The maximum Gasteiger partial charge on any atom is 0.328 e. The van der Waals surface area contributed by atoms with E-state index in [0.29, 0.717) is 28.1 Å². The van der Waals surface area contributed by atoms with E-state index < -0.39 is 5.69 Å². The van der Waals surface area contributed by atoms with Crippen LogP contribution in [0, 0.1) is 6.92 Å². The first-order chi connectivity index (χ1) is 13.0. The van der Waals surface area contributed by atoms with Gasteiger partial charge < -0.3 is 13.8 Å². The number of H-pyrrole nitrogens is 1. The van der Waals surface area contributed by atoms with Crippen molar-refractivity contribution >= 4 is 17.4 Å². The molecule has 0 spiro atoms. The maximum atomic E-state index is 12.3. The minimum Gasteiger partial charge on any atom is -0.416 e. The highest BCUT2D eigenvalue weighted by molar-refractivity contribution is 7.98. The van der Waals surface area contributed by atoms with Gasteiger partial charge in [0.2, 0.25) is 5.89 Å². The van der Waals surface area contributed by atoms with E-state index in [0.717, 1.165) is 15.9 Å². The number of nitrogens with zero attached hydrogens (tertiary/aromatic N) is 5. The summed E-state index contributed by atoms with van der Waals surface area (Å²) < 4.78 is 8.60. The van der Waals surface area contributed by atoms with Gasteiger partial charge in [0.25, 0.3) is 10.8 Å². The van der Waals surface area contributed by atoms with Gasteiger partial charge in [-0.1, -0.05) is 17.8 Å². The molecule has 1 N–H and O–H groups in total. The summed E-state index contributed by atoms with van der Waals surface area (Å²) >= 11 is 1.38. The summed E-state index contributed by atoms with van der Waals surface area (Å²) in [5, 5.41) is 8.41. The van der Waals surface area contributed by atoms with Gasteiger partial charge in [0, 0.05) is 36.5 Å². The SMILES string of the molecule is Cc1[nH]c(=O)n(C)c(=O)c1Cc1nnc(SCc2cn3ccccc3n2)o1. The van der Waals surface area contributed by atoms with Crippen molar-refractivity contribution in [1.82, 2.24) is 29.1 Å². The Labute approximate surface area is 157 Å². The fraction of sp³-hybridized carbons (Fsp3) is 0.235.